The van der Waals surface area contributed by atoms with Crippen molar-refractivity contribution in [2.75, 3.05) is 55.7 Å². The van der Waals surface area contributed by atoms with Crippen molar-refractivity contribution in [3.63, 3.8) is 0 Å². The molecule has 6 atom stereocenters. The highest BCUT2D eigenvalue weighted by Gasteiger charge is 2.55. The highest BCUT2D eigenvalue weighted by Crippen LogP contribution is 2.51. The standard InChI is InChI=1S/C33H39N3O11/c1-41-19-7-8-20-21-9-10-34-16-18-13-27(47-32(37)17-11-25(42-2)30(44-4)26(12-17)43-3)31(45-5)28(33(38)46-6)22(18)15-24(34)29(21)35(36(39)40)23(20)14-19/h7-8,11-12,14,18,22,24,27-28,31H,9-10,13,15-16H2,1-6H3/t18-,22-,24+,27+,28-,31+/m1/s1. The molecule has 1 saturated carbocycles. The normalized spacial score (nSPS) is 25.1. The van der Waals surface area contributed by atoms with Crippen molar-refractivity contribution in [2.24, 2.45) is 17.8 Å². The first-order chi connectivity index (χ1) is 22.7. The fourth-order valence-electron chi connectivity index (χ4n) is 8.06. The van der Waals surface area contributed by atoms with E-state index >= 15 is 0 Å². The molecule has 2 aromatic carbocycles. The van der Waals surface area contributed by atoms with E-state index in [-0.39, 0.29) is 28.5 Å². The molecule has 0 unspecified atom stereocenters. The van der Waals surface area contributed by atoms with E-state index in [9.17, 15) is 19.7 Å². The summed E-state index contributed by atoms with van der Waals surface area (Å²) >= 11 is 0. The Balaban J connectivity index is 1.34. The Morgan fingerprint density at radius 3 is 2.26 bits per heavy atom. The number of aromatic nitrogens is 1. The summed E-state index contributed by atoms with van der Waals surface area (Å²) in [6.45, 7) is 1.25. The molecule has 2 aliphatic heterocycles. The van der Waals surface area contributed by atoms with E-state index in [2.05, 4.69) is 4.90 Å². The maximum Gasteiger partial charge on any atom is 0.338 e. The van der Waals surface area contributed by atoms with Crippen LogP contribution in [0.15, 0.2) is 30.3 Å². The lowest BCUT2D eigenvalue weighted by atomic mass is 9.63. The summed E-state index contributed by atoms with van der Waals surface area (Å²) in [4.78, 5) is 41.9. The van der Waals surface area contributed by atoms with Crippen LogP contribution in [0.1, 0.15) is 40.5 Å². The number of ether oxygens (including phenoxy) is 7. The smallest absolute Gasteiger partial charge is 0.338 e. The van der Waals surface area contributed by atoms with Crippen LogP contribution in [-0.2, 0) is 25.4 Å². The van der Waals surface area contributed by atoms with Gasteiger partial charge in [-0.3, -0.25) is 9.69 Å². The lowest BCUT2D eigenvalue weighted by Crippen LogP contribution is -2.58. The van der Waals surface area contributed by atoms with Gasteiger partial charge >= 0.3 is 11.9 Å². The summed E-state index contributed by atoms with van der Waals surface area (Å²) in [7, 11) is 8.71. The van der Waals surface area contributed by atoms with Crippen LogP contribution in [0.25, 0.3) is 10.9 Å². The number of methoxy groups -OCH3 is 6. The molecule has 1 aliphatic carbocycles. The molecule has 3 aromatic rings. The van der Waals surface area contributed by atoms with Crippen molar-refractivity contribution >= 4 is 22.8 Å². The molecule has 2 fully saturated rings. The molecule has 0 bridgehead atoms. The van der Waals surface area contributed by atoms with E-state index < -0.39 is 30.1 Å². The van der Waals surface area contributed by atoms with E-state index in [0.717, 1.165) is 10.9 Å². The third-order valence-electron chi connectivity index (χ3n) is 10.1. The van der Waals surface area contributed by atoms with Crippen LogP contribution >= 0.6 is 0 Å². The van der Waals surface area contributed by atoms with Crippen molar-refractivity contribution in [1.29, 1.82) is 0 Å². The third-order valence-corrected chi connectivity index (χ3v) is 10.1. The number of nitrogens with zero attached hydrogens (tertiary/aromatic N) is 3. The highest BCUT2D eigenvalue weighted by molar-refractivity contribution is 5.91. The Kier molecular flexibility index (Phi) is 8.90. The molecule has 1 aromatic heterocycles. The van der Waals surface area contributed by atoms with Crippen molar-refractivity contribution in [3.8, 4) is 23.0 Å². The van der Waals surface area contributed by atoms with Gasteiger partial charge in [0.1, 0.15) is 29.2 Å². The Morgan fingerprint density at radius 2 is 1.66 bits per heavy atom. The Labute approximate surface area is 271 Å². The van der Waals surface area contributed by atoms with Crippen molar-refractivity contribution in [2.45, 2.75) is 37.5 Å². The predicted octanol–water partition coefficient (Wildman–Crippen LogP) is 3.68. The highest BCUT2D eigenvalue weighted by atomic mass is 16.7. The number of carbonyl (C=O) groups is 2. The lowest BCUT2D eigenvalue weighted by Gasteiger charge is -2.52. The molecule has 0 N–H and O–H groups in total. The van der Waals surface area contributed by atoms with E-state index in [4.69, 9.17) is 33.2 Å². The first-order valence-corrected chi connectivity index (χ1v) is 15.4. The largest absolute Gasteiger partial charge is 0.497 e. The minimum absolute atomic E-state index is 0.0745. The first kappa shape index (κ1) is 32.4. The quantitative estimate of drug-likeness (QED) is 0.188. The summed E-state index contributed by atoms with van der Waals surface area (Å²) in [6, 6.07) is 8.09. The average molecular weight is 654 g/mol. The third kappa shape index (κ3) is 5.38. The number of benzene rings is 2. The molecule has 0 spiro atoms. The van der Waals surface area contributed by atoms with Crippen LogP contribution in [0.2, 0.25) is 0 Å². The van der Waals surface area contributed by atoms with E-state index in [0.29, 0.717) is 66.6 Å². The number of carbonyl (C=O) groups excluding carboxylic acids is 2. The zero-order valence-electron chi connectivity index (χ0n) is 27.2. The fourth-order valence-corrected chi connectivity index (χ4v) is 8.06. The number of nitro groups is 1. The second-order valence-corrected chi connectivity index (χ2v) is 12.1. The number of esters is 2. The first-order valence-electron chi connectivity index (χ1n) is 15.4. The number of piperidine rings is 1. The van der Waals surface area contributed by atoms with E-state index in [1.54, 1.807) is 6.07 Å². The number of hydrogen-bond acceptors (Lipinski definition) is 12. The van der Waals surface area contributed by atoms with Gasteiger partial charge in [0.2, 0.25) is 5.75 Å². The van der Waals surface area contributed by atoms with Gasteiger partial charge in [-0.2, -0.15) is 0 Å². The molecule has 14 nitrogen and oxygen atoms in total. The Bertz CT molecular complexity index is 1680. The van der Waals surface area contributed by atoms with Gasteiger partial charge in [-0.05, 0) is 60.9 Å². The second-order valence-electron chi connectivity index (χ2n) is 12.1. The zero-order chi connectivity index (χ0) is 33.6. The van der Waals surface area contributed by atoms with Crippen molar-refractivity contribution in [1.82, 2.24) is 9.58 Å². The van der Waals surface area contributed by atoms with Gasteiger partial charge in [-0.25, -0.2) is 14.9 Å². The van der Waals surface area contributed by atoms with Crippen LogP contribution in [0.3, 0.4) is 0 Å². The van der Waals surface area contributed by atoms with Gasteiger partial charge in [0.15, 0.2) is 16.5 Å². The number of rotatable bonds is 9. The molecule has 14 heteroatoms. The average Bonchev–Trinajstić information content (AvgIpc) is 3.43. The number of hydrogen-bond donors (Lipinski definition) is 0. The molecule has 3 heterocycles. The maximum atomic E-state index is 13.6. The van der Waals surface area contributed by atoms with Gasteiger partial charge in [0, 0.05) is 31.7 Å². The van der Waals surface area contributed by atoms with Crippen LogP contribution < -0.4 is 18.9 Å². The van der Waals surface area contributed by atoms with Gasteiger partial charge in [-0.15, -0.1) is 0 Å². The molecule has 0 amide bonds. The zero-order valence-corrected chi connectivity index (χ0v) is 27.2. The predicted molar refractivity (Wildman–Crippen MR) is 167 cm³/mol. The second kappa shape index (κ2) is 12.9. The summed E-state index contributed by atoms with van der Waals surface area (Å²) in [6.07, 6.45) is -0.0562. The lowest BCUT2D eigenvalue weighted by molar-refractivity contribution is -0.540. The Morgan fingerprint density at radius 1 is 0.936 bits per heavy atom. The topological polar surface area (TPSA) is 150 Å². The summed E-state index contributed by atoms with van der Waals surface area (Å²) in [5.74, 6) is -0.753. The molecular formula is C33H39N3O11. The minimum Gasteiger partial charge on any atom is -0.497 e. The SMILES string of the molecule is COC(=O)[C@@H]1[C@@H]2C[C@H]3c4c(c5ccc(OC)cc5n4[N+](=O)[O-])CCN3C[C@H]2C[C@H](OC(=O)c2cc(OC)c(OC)c(OC)c2)[C@@H]1OC. The van der Waals surface area contributed by atoms with E-state index in [1.807, 2.05) is 12.1 Å². The molecule has 0 radical (unpaired) electrons. The molecule has 3 aliphatic rings. The fraction of sp³-hybridized carbons (Fsp3) is 0.515. The number of fused-ring (bicyclic) bond motifs is 6. The minimum atomic E-state index is -0.810. The van der Waals surface area contributed by atoms with Crippen LogP contribution in [0.5, 0.6) is 23.0 Å². The summed E-state index contributed by atoms with van der Waals surface area (Å²) in [5, 5.41) is 13.0. The van der Waals surface area contributed by atoms with E-state index in [1.165, 1.54) is 59.5 Å². The Hall–Kier alpha value is -4.56. The molecule has 6 rings (SSSR count). The van der Waals surface area contributed by atoms with Crippen molar-refractivity contribution < 1.29 is 47.8 Å². The van der Waals surface area contributed by atoms with Gasteiger partial charge in [0.05, 0.1) is 53.1 Å². The van der Waals surface area contributed by atoms with Gasteiger partial charge in [-0.1, -0.05) is 4.68 Å². The van der Waals surface area contributed by atoms with Gasteiger partial charge < -0.3 is 33.2 Å². The summed E-state index contributed by atoms with van der Waals surface area (Å²) < 4.78 is 40.0. The monoisotopic (exact) mass is 653 g/mol. The van der Waals surface area contributed by atoms with Crippen LogP contribution in [0.4, 0.5) is 0 Å². The van der Waals surface area contributed by atoms with Gasteiger partial charge in [0.25, 0.3) is 0 Å². The van der Waals surface area contributed by atoms with Crippen molar-refractivity contribution in [3.05, 3.63) is 57.3 Å². The maximum absolute atomic E-state index is 13.6. The van der Waals surface area contributed by atoms with Crippen LogP contribution in [0, 0.1) is 27.9 Å². The molecule has 47 heavy (non-hydrogen) atoms. The summed E-state index contributed by atoms with van der Waals surface area (Å²) in [5.41, 5.74) is 2.22. The molecule has 1 saturated heterocycles. The van der Waals surface area contributed by atoms with Crippen LogP contribution in [-0.4, -0.2) is 94.5 Å². The molecule has 252 valence electrons. The molecular weight excluding hydrogens is 614 g/mol.